The van der Waals surface area contributed by atoms with Crippen LogP contribution in [0.15, 0.2) is 10.2 Å². The number of rotatable bonds is 7. The topological polar surface area (TPSA) is 74.3 Å². The van der Waals surface area contributed by atoms with Crippen molar-refractivity contribution in [3.63, 3.8) is 0 Å². The van der Waals surface area contributed by atoms with Crippen LogP contribution in [0.2, 0.25) is 0 Å². The molecular weight excluding hydrogens is 276 g/mol. The Balaban J connectivity index is 1.56. The van der Waals surface area contributed by atoms with Crippen molar-refractivity contribution in [1.82, 2.24) is 10.3 Å². The average molecular weight is 300 g/mol. The monoisotopic (exact) mass is 300 g/mol. The first kappa shape index (κ1) is 15.7. The molecule has 0 saturated heterocycles. The molecule has 1 heterocycles. The largest absolute Gasteiger partial charge is 0.389 e. The van der Waals surface area contributed by atoms with Crippen molar-refractivity contribution in [2.24, 2.45) is 5.92 Å². The summed E-state index contributed by atoms with van der Waals surface area (Å²) in [4.78, 5) is 13.6. The predicted molar refractivity (Wildman–Crippen MR) is 80.0 cm³/mol. The van der Waals surface area contributed by atoms with Crippen LogP contribution in [0, 0.1) is 5.92 Å². The van der Waals surface area contributed by atoms with E-state index in [1.807, 2.05) is 0 Å². The zero-order valence-corrected chi connectivity index (χ0v) is 12.7. The molecule has 20 heavy (non-hydrogen) atoms. The third kappa shape index (κ3) is 5.36. The summed E-state index contributed by atoms with van der Waals surface area (Å²) in [5.74, 6) is 0.814. The highest BCUT2D eigenvalue weighted by Gasteiger charge is 2.19. The van der Waals surface area contributed by atoms with Crippen LogP contribution < -0.4 is 10.2 Å². The van der Waals surface area contributed by atoms with Crippen LogP contribution in [-0.4, -0.2) is 35.5 Å². The fourth-order valence-corrected chi connectivity index (χ4v) is 3.06. The molecule has 2 rings (SSSR count). The van der Waals surface area contributed by atoms with Crippen molar-refractivity contribution in [2.45, 2.75) is 51.4 Å². The Kier molecular flexibility index (Phi) is 6.22. The number of ether oxygens (including phenoxy) is 1. The maximum Gasteiger partial charge on any atom is 0.304 e. The van der Waals surface area contributed by atoms with Gasteiger partial charge in [-0.25, -0.2) is 0 Å². The SMILES string of the molecule is CC1CCC(OCC(O)CNCc2csc(=O)[nH]2)CC1. The van der Waals surface area contributed by atoms with E-state index in [0.29, 0.717) is 25.8 Å². The molecule has 1 fully saturated rings. The van der Waals surface area contributed by atoms with Crippen LogP contribution in [0.25, 0.3) is 0 Å². The van der Waals surface area contributed by atoms with E-state index >= 15 is 0 Å². The van der Waals surface area contributed by atoms with Gasteiger partial charge in [-0.1, -0.05) is 18.3 Å². The van der Waals surface area contributed by atoms with Crippen molar-refractivity contribution in [2.75, 3.05) is 13.2 Å². The van der Waals surface area contributed by atoms with Gasteiger partial charge in [-0.3, -0.25) is 4.79 Å². The van der Waals surface area contributed by atoms with Gasteiger partial charge in [-0.2, -0.15) is 0 Å². The van der Waals surface area contributed by atoms with E-state index in [2.05, 4.69) is 17.2 Å². The van der Waals surface area contributed by atoms with Gasteiger partial charge in [0.2, 0.25) is 0 Å². The third-order valence-electron chi connectivity index (χ3n) is 3.75. The molecule has 1 aliphatic carbocycles. The van der Waals surface area contributed by atoms with E-state index in [1.54, 1.807) is 5.38 Å². The van der Waals surface area contributed by atoms with E-state index in [9.17, 15) is 9.90 Å². The Morgan fingerprint density at radius 1 is 1.50 bits per heavy atom. The molecule has 0 bridgehead atoms. The zero-order valence-electron chi connectivity index (χ0n) is 11.9. The van der Waals surface area contributed by atoms with E-state index in [1.165, 1.54) is 12.8 Å². The molecule has 114 valence electrons. The molecule has 1 aliphatic rings. The molecule has 1 aromatic heterocycles. The first-order chi connectivity index (χ1) is 9.63. The van der Waals surface area contributed by atoms with E-state index in [-0.39, 0.29) is 4.87 Å². The van der Waals surface area contributed by atoms with Crippen molar-refractivity contribution < 1.29 is 9.84 Å². The van der Waals surface area contributed by atoms with E-state index in [4.69, 9.17) is 4.74 Å². The smallest absolute Gasteiger partial charge is 0.304 e. The predicted octanol–water partition coefficient (Wildman–Crippen LogP) is 1.48. The molecule has 0 aliphatic heterocycles. The van der Waals surface area contributed by atoms with E-state index < -0.39 is 6.10 Å². The molecule has 5 nitrogen and oxygen atoms in total. The van der Waals surface area contributed by atoms with Gasteiger partial charge in [-0.05, 0) is 31.6 Å². The van der Waals surface area contributed by atoms with Gasteiger partial charge in [0.1, 0.15) is 0 Å². The number of thiazole rings is 1. The minimum absolute atomic E-state index is 0.0443. The second kappa shape index (κ2) is 7.93. The molecule has 0 spiro atoms. The quantitative estimate of drug-likeness (QED) is 0.713. The lowest BCUT2D eigenvalue weighted by Crippen LogP contribution is -2.32. The second-order valence-electron chi connectivity index (χ2n) is 5.67. The number of aromatic amines is 1. The summed E-state index contributed by atoms with van der Waals surface area (Å²) in [6.07, 6.45) is 4.48. The van der Waals surface area contributed by atoms with Crippen LogP contribution in [0.4, 0.5) is 0 Å². The molecule has 0 radical (unpaired) electrons. The molecule has 1 unspecified atom stereocenters. The number of aliphatic hydroxyl groups is 1. The number of hydrogen-bond acceptors (Lipinski definition) is 5. The van der Waals surface area contributed by atoms with Crippen molar-refractivity contribution >= 4 is 11.3 Å². The number of aromatic nitrogens is 1. The summed E-state index contributed by atoms with van der Waals surface area (Å²) in [5.41, 5.74) is 0.856. The van der Waals surface area contributed by atoms with Gasteiger partial charge in [0, 0.05) is 24.2 Å². The van der Waals surface area contributed by atoms with Gasteiger partial charge in [-0.15, -0.1) is 0 Å². The Morgan fingerprint density at radius 3 is 2.90 bits per heavy atom. The number of aliphatic hydroxyl groups excluding tert-OH is 1. The van der Waals surface area contributed by atoms with Crippen molar-refractivity contribution in [1.29, 1.82) is 0 Å². The minimum Gasteiger partial charge on any atom is -0.389 e. The van der Waals surface area contributed by atoms with Crippen LogP contribution in [-0.2, 0) is 11.3 Å². The fourth-order valence-electron chi connectivity index (χ4n) is 2.48. The number of nitrogens with one attached hydrogen (secondary N) is 2. The second-order valence-corrected chi connectivity index (χ2v) is 6.52. The minimum atomic E-state index is -0.500. The summed E-state index contributed by atoms with van der Waals surface area (Å²) >= 11 is 1.15. The molecule has 3 N–H and O–H groups in total. The van der Waals surface area contributed by atoms with Crippen LogP contribution in [0.1, 0.15) is 38.3 Å². The molecule has 1 aromatic rings. The molecule has 6 heteroatoms. The van der Waals surface area contributed by atoms with Crippen molar-refractivity contribution in [3.05, 3.63) is 20.7 Å². The summed E-state index contributed by atoms with van der Waals surface area (Å²) in [7, 11) is 0. The molecule has 1 saturated carbocycles. The zero-order chi connectivity index (χ0) is 14.4. The van der Waals surface area contributed by atoms with Gasteiger partial charge in [0.25, 0.3) is 0 Å². The lowest BCUT2D eigenvalue weighted by molar-refractivity contribution is -0.0278. The molecule has 0 amide bonds. The molecular formula is C14H24N2O3S. The normalized spacial score (nSPS) is 24.7. The summed E-state index contributed by atoms with van der Waals surface area (Å²) in [5, 5.41) is 14.8. The molecule has 1 atom stereocenters. The lowest BCUT2D eigenvalue weighted by Gasteiger charge is -2.27. The van der Waals surface area contributed by atoms with Crippen LogP contribution in [0.3, 0.4) is 0 Å². The Bertz CT molecular complexity index is 438. The Labute approximate surface area is 123 Å². The van der Waals surface area contributed by atoms with Gasteiger partial charge < -0.3 is 20.1 Å². The maximum atomic E-state index is 11.0. The van der Waals surface area contributed by atoms with Crippen LogP contribution >= 0.6 is 11.3 Å². The number of hydrogen-bond donors (Lipinski definition) is 3. The van der Waals surface area contributed by atoms with Crippen molar-refractivity contribution in [3.8, 4) is 0 Å². The first-order valence-corrected chi connectivity index (χ1v) is 8.18. The maximum absolute atomic E-state index is 11.0. The summed E-state index contributed by atoms with van der Waals surface area (Å²) in [6.45, 7) is 3.70. The first-order valence-electron chi connectivity index (χ1n) is 7.30. The third-order valence-corrected chi connectivity index (χ3v) is 4.47. The Morgan fingerprint density at radius 2 is 2.25 bits per heavy atom. The standard InChI is InChI=1S/C14H24N2O3S/c1-10-2-4-13(5-3-10)19-8-12(17)7-15-6-11-9-20-14(18)16-11/h9-10,12-13,15,17H,2-8H2,1H3,(H,16,18). The highest BCUT2D eigenvalue weighted by atomic mass is 32.1. The molecule has 0 aromatic carbocycles. The van der Waals surface area contributed by atoms with Gasteiger partial charge >= 0.3 is 4.87 Å². The lowest BCUT2D eigenvalue weighted by atomic mass is 9.89. The van der Waals surface area contributed by atoms with Crippen LogP contribution in [0.5, 0.6) is 0 Å². The number of H-pyrrole nitrogens is 1. The van der Waals surface area contributed by atoms with Gasteiger partial charge in [0.15, 0.2) is 0 Å². The van der Waals surface area contributed by atoms with E-state index in [0.717, 1.165) is 35.8 Å². The van der Waals surface area contributed by atoms with Gasteiger partial charge in [0.05, 0.1) is 18.8 Å². The fraction of sp³-hybridized carbons (Fsp3) is 0.786. The summed E-state index contributed by atoms with van der Waals surface area (Å²) < 4.78 is 5.75. The summed E-state index contributed by atoms with van der Waals surface area (Å²) in [6, 6.07) is 0. The highest BCUT2D eigenvalue weighted by molar-refractivity contribution is 7.07. The Hall–Kier alpha value is -0.690. The average Bonchev–Trinajstić information content (AvgIpc) is 2.84. The highest BCUT2D eigenvalue weighted by Crippen LogP contribution is 2.25.